The van der Waals surface area contributed by atoms with Crippen LogP contribution in [0, 0.1) is 11.3 Å². The van der Waals surface area contributed by atoms with Crippen LogP contribution >= 0.6 is 0 Å². The molecule has 22 heavy (non-hydrogen) atoms. The molecule has 126 valence electrons. The van der Waals surface area contributed by atoms with Gasteiger partial charge in [-0.15, -0.1) is 0 Å². The summed E-state index contributed by atoms with van der Waals surface area (Å²) in [6.07, 6.45) is 1.15. The third-order valence-corrected chi connectivity index (χ3v) is 3.80. The first-order valence-electron chi connectivity index (χ1n) is 8.51. The highest BCUT2D eigenvalue weighted by molar-refractivity contribution is 5.30. The van der Waals surface area contributed by atoms with Gasteiger partial charge in [0.15, 0.2) is 6.29 Å². The molecule has 0 heterocycles. The molecule has 2 atom stereocenters. The van der Waals surface area contributed by atoms with Crippen molar-refractivity contribution < 1.29 is 9.47 Å². The lowest BCUT2D eigenvalue weighted by Gasteiger charge is -2.32. The number of ether oxygens (including phenoxy) is 2. The minimum atomic E-state index is -0.222. The van der Waals surface area contributed by atoms with E-state index in [1.54, 1.807) is 0 Å². The Kier molecular flexibility index (Phi) is 6.93. The van der Waals surface area contributed by atoms with Gasteiger partial charge in [-0.3, -0.25) is 0 Å². The number of hydrogen-bond donors (Lipinski definition) is 0. The molecule has 2 heteroatoms. The third-order valence-electron chi connectivity index (χ3n) is 3.80. The zero-order valence-corrected chi connectivity index (χ0v) is 15.6. The first kappa shape index (κ1) is 19.0. The highest BCUT2D eigenvalue weighted by Gasteiger charge is 2.26. The Morgan fingerprint density at radius 3 is 1.86 bits per heavy atom. The largest absolute Gasteiger partial charge is 0.465 e. The molecule has 0 amide bonds. The van der Waals surface area contributed by atoms with Crippen LogP contribution in [0.1, 0.15) is 73.3 Å². The smallest absolute Gasteiger partial charge is 0.197 e. The fourth-order valence-electron chi connectivity index (χ4n) is 2.84. The predicted octanol–water partition coefficient (Wildman–Crippen LogP) is 6.01. The fraction of sp³-hybridized carbons (Fsp3) is 0.700. The molecule has 0 bridgehead atoms. The highest BCUT2D eigenvalue weighted by atomic mass is 16.7. The number of rotatable bonds is 7. The quantitative estimate of drug-likeness (QED) is 0.574. The maximum atomic E-state index is 5.80. The lowest BCUT2D eigenvalue weighted by Crippen LogP contribution is -2.21. The molecular weight excluding hydrogens is 272 g/mol. The van der Waals surface area contributed by atoms with Crippen molar-refractivity contribution in [2.45, 2.75) is 80.1 Å². The molecule has 0 aliphatic rings. The summed E-state index contributed by atoms with van der Waals surface area (Å²) in [5.41, 5.74) is 1.66. The third kappa shape index (κ3) is 6.39. The minimum absolute atomic E-state index is 0.172. The zero-order chi connectivity index (χ0) is 16.9. The van der Waals surface area contributed by atoms with Crippen LogP contribution in [-0.2, 0) is 4.74 Å². The lowest BCUT2D eigenvalue weighted by molar-refractivity contribution is -0.0950. The van der Waals surface area contributed by atoms with Gasteiger partial charge in [-0.1, -0.05) is 46.8 Å². The Balaban J connectivity index is 2.81. The molecule has 0 N–H and O–H groups in total. The van der Waals surface area contributed by atoms with E-state index in [1.807, 2.05) is 20.8 Å². The molecule has 0 spiro atoms. The van der Waals surface area contributed by atoms with Gasteiger partial charge in [0.1, 0.15) is 5.75 Å². The van der Waals surface area contributed by atoms with E-state index in [4.69, 9.17) is 9.47 Å². The summed E-state index contributed by atoms with van der Waals surface area (Å²) in [5, 5.41) is 0. The van der Waals surface area contributed by atoms with Crippen molar-refractivity contribution in [3.05, 3.63) is 29.8 Å². The van der Waals surface area contributed by atoms with Crippen LogP contribution in [0.5, 0.6) is 5.75 Å². The van der Waals surface area contributed by atoms with E-state index in [2.05, 4.69) is 58.9 Å². The minimum Gasteiger partial charge on any atom is -0.465 e. The first-order valence-corrected chi connectivity index (χ1v) is 8.51. The molecule has 0 aliphatic carbocycles. The van der Waals surface area contributed by atoms with Crippen molar-refractivity contribution in [2.24, 2.45) is 11.3 Å². The molecule has 1 rings (SSSR count). The topological polar surface area (TPSA) is 18.5 Å². The van der Waals surface area contributed by atoms with E-state index in [0.29, 0.717) is 11.8 Å². The van der Waals surface area contributed by atoms with Crippen molar-refractivity contribution in [1.29, 1.82) is 0 Å². The van der Waals surface area contributed by atoms with Gasteiger partial charge in [-0.2, -0.15) is 0 Å². The van der Waals surface area contributed by atoms with Crippen LogP contribution in [0.25, 0.3) is 0 Å². The molecule has 0 fully saturated rings. The summed E-state index contributed by atoms with van der Waals surface area (Å²) >= 11 is 0. The van der Waals surface area contributed by atoms with Crippen molar-refractivity contribution in [3.8, 4) is 5.75 Å². The van der Waals surface area contributed by atoms with E-state index in [0.717, 1.165) is 5.75 Å². The van der Waals surface area contributed by atoms with Crippen LogP contribution in [0.2, 0.25) is 0 Å². The molecule has 1 aromatic carbocycles. The monoisotopic (exact) mass is 306 g/mol. The molecule has 2 unspecified atom stereocenters. The van der Waals surface area contributed by atoms with Crippen LogP contribution in [0.15, 0.2) is 24.3 Å². The van der Waals surface area contributed by atoms with Crippen molar-refractivity contribution in [2.75, 3.05) is 0 Å². The highest BCUT2D eigenvalue weighted by Crippen LogP contribution is 2.40. The second-order valence-electron chi connectivity index (χ2n) is 7.99. The van der Waals surface area contributed by atoms with Gasteiger partial charge in [0.2, 0.25) is 0 Å². The van der Waals surface area contributed by atoms with Crippen LogP contribution in [-0.4, -0.2) is 12.4 Å². The maximum absolute atomic E-state index is 5.80. The van der Waals surface area contributed by atoms with Gasteiger partial charge >= 0.3 is 0 Å². The second kappa shape index (κ2) is 8.01. The van der Waals surface area contributed by atoms with E-state index in [-0.39, 0.29) is 17.8 Å². The Labute approximate surface area is 137 Å². The first-order chi connectivity index (χ1) is 10.1. The summed E-state index contributed by atoms with van der Waals surface area (Å²) in [7, 11) is 0. The summed E-state index contributed by atoms with van der Waals surface area (Å²) in [4.78, 5) is 0. The summed E-state index contributed by atoms with van der Waals surface area (Å²) in [6.45, 7) is 17.5. The average Bonchev–Trinajstić information content (AvgIpc) is 2.34. The maximum Gasteiger partial charge on any atom is 0.197 e. The standard InChI is InChI=1S/C20H34O2/c1-14(2)13-19(20(6,7)8)17-9-11-18(12-10-17)22-16(5)21-15(3)4/h9-12,14-16,19H,13H2,1-8H3. The van der Waals surface area contributed by atoms with Gasteiger partial charge in [0.05, 0.1) is 6.10 Å². The predicted molar refractivity (Wildman–Crippen MR) is 94.4 cm³/mol. The summed E-state index contributed by atoms with van der Waals surface area (Å²) in [6, 6.07) is 8.54. The molecule has 0 saturated carbocycles. The molecule has 1 aromatic rings. The van der Waals surface area contributed by atoms with E-state index >= 15 is 0 Å². The summed E-state index contributed by atoms with van der Waals surface area (Å²) in [5.74, 6) is 2.12. The van der Waals surface area contributed by atoms with Crippen LogP contribution in [0.3, 0.4) is 0 Å². The van der Waals surface area contributed by atoms with Gasteiger partial charge < -0.3 is 9.47 Å². The SMILES string of the molecule is CC(C)CC(c1ccc(OC(C)OC(C)C)cc1)C(C)(C)C. The van der Waals surface area contributed by atoms with Crippen molar-refractivity contribution >= 4 is 0 Å². The molecule has 0 aliphatic heterocycles. The summed E-state index contributed by atoms with van der Waals surface area (Å²) < 4.78 is 11.4. The Morgan fingerprint density at radius 2 is 1.45 bits per heavy atom. The number of hydrogen-bond acceptors (Lipinski definition) is 2. The van der Waals surface area contributed by atoms with Crippen molar-refractivity contribution in [3.63, 3.8) is 0 Å². The van der Waals surface area contributed by atoms with Gasteiger partial charge in [0, 0.05) is 0 Å². The van der Waals surface area contributed by atoms with Crippen molar-refractivity contribution in [1.82, 2.24) is 0 Å². The van der Waals surface area contributed by atoms with Crippen LogP contribution in [0.4, 0.5) is 0 Å². The number of benzene rings is 1. The van der Waals surface area contributed by atoms with Gasteiger partial charge in [-0.25, -0.2) is 0 Å². The molecule has 2 nitrogen and oxygen atoms in total. The van der Waals surface area contributed by atoms with Gasteiger partial charge in [0.25, 0.3) is 0 Å². The molecule has 0 aromatic heterocycles. The Hall–Kier alpha value is -1.02. The lowest BCUT2D eigenvalue weighted by atomic mass is 9.72. The molecular formula is C20H34O2. The molecule has 0 saturated heterocycles. The van der Waals surface area contributed by atoms with E-state index in [9.17, 15) is 0 Å². The van der Waals surface area contributed by atoms with Crippen LogP contribution < -0.4 is 4.74 Å². The van der Waals surface area contributed by atoms with E-state index < -0.39 is 0 Å². The zero-order valence-electron chi connectivity index (χ0n) is 15.6. The second-order valence-corrected chi connectivity index (χ2v) is 7.99. The normalized spacial score (nSPS) is 15.2. The fourth-order valence-corrected chi connectivity index (χ4v) is 2.84. The Morgan fingerprint density at radius 1 is 0.909 bits per heavy atom. The average molecular weight is 306 g/mol. The molecule has 0 radical (unpaired) electrons. The Bertz CT molecular complexity index is 426. The van der Waals surface area contributed by atoms with Gasteiger partial charge in [-0.05, 0) is 62.1 Å². The van der Waals surface area contributed by atoms with E-state index in [1.165, 1.54) is 12.0 Å².